The van der Waals surface area contributed by atoms with Crippen LogP contribution in [0.25, 0.3) is 0 Å². The van der Waals surface area contributed by atoms with E-state index in [0.29, 0.717) is 29.8 Å². The standard InChI is InChI=1S/C37H49N5O3/c1-26-12-16-38-24-31(26)25-42(32-8-10-34(45-5)11-9-32)33-14-20-40(21-15-33)29(4)13-17-39-36(43)35-27(2)22-30(23-28(35)3)37(44)41-18-6-7-19-41/h8-12,16,22-24,29,33H,6-7,13-15,17-21,25H2,1-5H3,(H,39,43). The summed E-state index contributed by atoms with van der Waals surface area (Å²) in [4.78, 5) is 37.5. The summed E-state index contributed by atoms with van der Waals surface area (Å²) in [5, 5.41) is 3.16. The quantitative estimate of drug-likeness (QED) is 0.290. The second-order valence-corrected chi connectivity index (χ2v) is 12.8. The summed E-state index contributed by atoms with van der Waals surface area (Å²) >= 11 is 0. The highest BCUT2D eigenvalue weighted by atomic mass is 16.5. The molecular weight excluding hydrogens is 562 g/mol. The molecule has 1 unspecified atom stereocenters. The van der Waals surface area contributed by atoms with E-state index < -0.39 is 0 Å². The Morgan fingerprint density at radius 3 is 2.27 bits per heavy atom. The van der Waals surface area contributed by atoms with Crippen molar-refractivity contribution in [2.75, 3.05) is 44.7 Å². The van der Waals surface area contributed by atoms with Gasteiger partial charge in [0.2, 0.25) is 0 Å². The van der Waals surface area contributed by atoms with E-state index >= 15 is 0 Å². The first-order chi connectivity index (χ1) is 21.7. The van der Waals surface area contributed by atoms with Crippen LogP contribution in [-0.2, 0) is 6.54 Å². The molecule has 0 radical (unpaired) electrons. The second-order valence-electron chi connectivity index (χ2n) is 12.8. The smallest absolute Gasteiger partial charge is 0.253 e. The topological polar surface area (TPSA) is 78.0 Å². The Morgan fingerprint density at radius 2 is 1.64 bits per heavy atom. The maximum Gasteiger partial charge on any atom is 0.253 e. The fourth-order valence-corrected chi connectivity index (χ4v) is 6.90. The van der Waals surface area contributed by atoms with E-state index in [1.807, 2.05) is 55.4 Å². The van der Waals surface area contributed by atoms with Crippen LogP contribution in [0.3, 0.4) is 0 Å². The van der Waals surface area contributed by atoms with Crippen molar-refractivity contribution in [3.63, 3.8) is 0 Å². The predicted molar refractivity (Wildman–Crippen MR) is 180 cm³/mol. The molecule has 3 heterocycles. The lowest BCUT2D eigenvalue weighted by atomic mass is 9.97. The van der Waals surface area contributed by atoms with E-state index in [1.165, 1.54) is 16.8 Å². The molecule has 8 heteroatoms. The maximum absolute atomic E-state index is 13.2. The molecule has 2 aromatic carbocycles. The van der Waals surface area contributed by atoms with Crippen LogP contribution in [0, 0.1) is 20.8 Å². The zero-order valence-electron chi connectivity index (χ0n) is 27.6. The summed E-state index contributed by atoms with van der Waals surface area (Å²) in [6.07, 6.45) is 9.00. The highest BCUT2D eigenvalue weighted by molar-refractivity contribution is 6.00. The number of carbonyl (C=O) groups is 2. The molecule has 1 N–H and O–H groups in total. The van der Waals surface area contributed by atoms with E-state index in [1.54, 1.807) is 7.11 Å². The normalized spacial score (nSPS) is 16.4. The van der Waals surface area contributed by atoms with Gasteiger partial charge in [0.05, 0.1) is 7.11 Å². The van der Waals surface area contributed by atoms with Gasteiger partial charge >= 0.3 is 0 Å². The third kappa shape index (κ3) is 7.85. The first-order valence-electron chi connectivity index (χ1n) is 16.5. The zero-order valence-corrected chi connectivity index (χ0v) is 27.6. The summed E-state index contributed by atoms with van der Waals surface area (Å²) in [7, 11) is 1.70. The minimum atomic E-state index is -0.0584. The lowest BCUT2D eigenvalue weighted by Gasteiger charge is -2.42. The molecule has 8 nitrogen and oxygen atoms in total. The average molecular weight is 612 g/mol. The van der Waals surface area contributed by atoms with Crippen molar-refractivity contribution in [3.05, 3.63) is 88.2 Å². The Morgan fingerprint density at radius 1 is 0.978 bits per heavy atom. The number of pyridine rings is 1. The Kier molecular flexibility index (Phi) is 10.8. The summed E-state index contributed by atoms with van der Waals surface area (Å²) in [5.74, 6) is 0.876. The average Bonchev–Trinajstić information content (AvgIpc) is 3.59. The molecule has 0 aliphatic carbocycles. The fourth-order valence-electron chi connectivity index (χ4n) is 6.90. The molecule has 0 bridgehead atoms. The molecule has 3 aromatic rings. The van der Waals surface area contributed by atoms with Gasteiger partial charge in [-0.3, -0.25) is 14.6 Å². The predicted octanol–water partition coefficient (Wildman–Crippen LogP) is 5.93. The van der Waals surface area contributed by atoms with E-state index in [-0.39, 0.29) is 11.8 Å². The van der Waals surface area contributed by atoms with Crippen LogP contribution in [-0.4, -0.2) is 78.5 Å². The summed E-state index contributed by atoms with van der Waals surface area (Å²) in [6, 6.07) is 15.0. The van der Waals surface area contributed by atoms with Crippen LogP contribution in [0.5, 0.6) is 5.75 Å². The number of anilines is 1. The maximum atomic E-state index is 13.2. The minimum Gasteiger partial charge on any atom is -0.497 e. The Hall–Kier alpha value is -3.91. The molecule has 1 aromatic heterocycles. The SMILES string of the molecule is COc1ccc(N(Cc2cnccc2C)C2CCN(C(C)CCNC(=O)c3c(C)cc(C(=O)N4CCCC4)cc3C)CC2)cc1. The third-order valence-corrected chi connectivity index (χ3v) is 9.70. The summed E-state index contributed by atoms with van der Waals surface area (Å²) in [6.45, 7) is 13.4. The monoisotopic (exact) mass is 611 g/mol. The number of methoxy groups -OCH3 is 1. The van der Waals surface area contributed by atoms with Crippen molar-refractivity contribution >= 4 is 17.5 Å². The van der Waals surface area contributed by atoms with Crippen LogP contribution in [0.4, 0.5) is 5.69 Å². The molecule has 0 spiro atoms. The molecule has 2 amide bonds. The molecule has 5 rings (SSSR count). The molecule has 2 aliphatic heterocycles. The molecular formula is C37H49N5O3. The van der Waals surface area contributed by atoms with Gasteiger partial charge < -0.3 is 24.8 Å². The van der Waals surface area contributed by atoms with Gasteiger partial charge in [-0.05, 0) is 125 Å². The minimum absolute atomic E-state index is 0.0584. The number of piperidine rings is 1. The molecule has 0 saturated carbocycles. The van der Waals surface area contributed by atoms with Gasteiger partial charge in [0.25, 0.3) is 11.8 Å². The highest BCUT2D eigenvalue weighted by Gasteiger charge is 2.28. The number of benzene rings is 2. The number of nitrogens with one attached hydrogen (secondary N) is 1. The fraction of sp³-hybridized carbons (Fsp3) is 0.486. The van der Waals surface area contributed by atoms with Crippen LogP contribution in [0.15, 0.2) is 54.9 Å². The summed E-state index contributed by atoms with van der Waals surface area (Å²) < 4.78 is 5.41. The number of amides is 2. The number of rotatable bonds is 11. The van der Waals surface area contributed by atoms with Crippen molar-refractivity contribution in [2.24, 2.45) is 0 Å². The van der Waals surface area contributed by atoms with Crippen molar-refractivity contribution in [2.45, 2.75) is 78.4 Å². The molecule has 1 atom stereocenters. The molecule has 45 heavy (non-hydrogen) atoms. The molecule has 240 valence electrons. The van der Waals surface area contributed by atoms with Gasteiger partial charge in [-0.2, -0.15) is 0 Å². The molecule has 2 aliphatic rings. The van der Waals surface area contributed by atoms with E-state index in [0.717, 1.165) is 81.7 Å². The number of ether oxygens (including phenoxy) is 1. The Balaban J connectivity index is 1.15. The summed E-state index contributed by atoms with van der Waals surface area (Å²) in [5.41, 5.74) is 6.78. The first-order valence-corrected chi connectivity index (χ1v) is 16.5. The largest absolute Gasteiger partial charge is 0.497 e. The Bertz CT molecular complexity index is 1440. The second kappa shape index (κ2) is 14.9. The van der Waals surface area contributed by atoms with Crippen LogP contribution in [0.1, 0.15) is 82.0 Å². The lowest BCUT2D eigenvalue weighted by Crippen LogP contribution is -2.48. The van der Waals surface area contributed by atoms with Crippen molar-refractivity contribution in [1.82, 2.24) is 20.1 Å². The van der Waals surface area contributed by atoms with Crippen LogP contribution < -0.4 is 15.0 Å². The van der Waals surface area contributed by atoms with Gasteiger partial charge in [0.1, 0.15) is 5.75 Å². The third-order valence-electron chi connectivity index (χ3n) is 9.70. The number of aryl methyl sites for hydroxylation is 3. The number of hydrogen-bond acceptors (Lipinski definition) is 6. The van der Waals surface area contributed by atoms with Gasteiger partial charge in [-0.25, -0.2) is 0 Å². The number of hydrogen-bond donors (Lipinski definition) is 1. The van der Waals surface area contributed by atoms with E-state index in [4.69, 9.17) is 4.74 Å². The van der Waals surface area contributed by atoms with Gasteiger partial charge in [-0.1, -0.05) is 0 Å². The number of carbonyl (C=O) groups excluding carboxylic acids is 2. The number of aromatic nitrogens is 1. The lowest BCUT2D eigenvalue weighted by molar-refractivity contribution is 0.0791. The number of nitrogens with zero attached hydrogens (tertiary/aromatic N) is 4. The molecule has 2 fully saturated rings. The highest BCUT2D eigenvalue weighted by Crippen LogP contribution is 2.29. The van der Waals surface area contributed by atoms with Crippen molar-refractivity contribution < 1.29 is 14.3 Å². The first kappa shape index (κ1) is 32.5. The van der Waals surface area contributed by atoms with Crippen LogP contribution >= 0.6 is 0 Å². The van der Waals surface area contributed by atoms with Gasteiger partial charge in [0.15, 0.2) is 0 Å². The van der Waals surface area contributed by atoms with Crippen molar-refractivity contribution in [1.29, 1.82) is 0 Å². The van der Waals surface area contributed by atoms with E-state index in [9.17, 15) is 9.59 Å². The zero-order chi connectivity index (χ0) is 31.9. The molecule has 2 saturated heterocycles. The van der Waals surface area contributed by atoms with E-state index in [2.05, 4.69) is 52.1 Å². The van der Waals surface area contributed by atoms with Crippen molar-refractivity contribution in [3.8, 4) is 5.75 Å². The van der Waals surface area contributed by atoms with Gasteiger partial charge in [-0.15, -0.1) is 0 Å². The van der Waals surface area contributed by atoms with Crippen LogP contribution in [0.2, 0.25) is 0 Å². The van der Waals surface area contributed by atoms with Gasteiger partial charge in [0, 0.05) is 80.6 Å². The Labute approximate surface area is 268 Å². The number of likely N-dealkylation sites (tertiary alicyclic amines) is 2.